The highest BCUT2D eigenvalue weighted by Crippen LogP contribution is 2.11. The number of nitrogens with two attached hydrogens (primary N) is 1. The minimum atomic E-state index is 0. The lowest BCUT2D eigenvalue weighted by Crippen LogP contribution is -2.17. The molecule has 2 N–H and O–H groups in total. The van der Waals surface area contributed by atoms with E-state index in [1.165, 1.54) is 0 Å². The first-order valence-corrected chi connectivity index (χ1v) is 3.25. The molecule has 0 amide bonds. The average Bonchev–Trinajstić information content (AvgIpc) is 2.34. The Labute approximate surface area is 70.8 Å². The summed E-state index contributed by atoms with van der Waals surface area (Å²) in [6.45, 7) is 2.17. The normalized spacial score (nSPS) is 15.3. The third-order valence-electron chi connectivity index (χ3n) is 1.66. The molecule has 4 nitrogen and oxygen atoms in total. The number of imidazole rings is 1. The standard InChI is InChI=1S/C6H9N3O.ClH/c7-5-3-8-6-4-10-2-1-9(5)6;/h3H,1-2,4,7H2;1H. The Bertz CT molecular complexity index is 248. The number of nitrogens with zero attached hydrogens (tertiary/aromatic N) is 2. The van der Waals surface area contributed by atoms with Crippen LogP contribution in [0.2, 0.25) is 0 Å². The highest BCUT2D eigenvalue weighted by molar-refractivity contribution is 5.85. The second-order valence-electron chi connectivity index (χ2n) is 2.30. The lowest BCUT2D eigenvalue weighted by Gasteiger charge is -2.14. The van der Waals surface area contributed by atoms with Crippen LogP contribution in [0.4, 0.5) is 5.82 Å². The van der Waals surface area contributed by atoms with Gasteiger partial charge in [0.2, 0.25) is 0 Å². The smallest absolute Gasteiger partial charge is 0.136 e. The van der Waals surface area contributed by atoms with Gasteiger partial charge in [-0.1, -0.05) is 0 Å². The van der Waals surface area contributed by atoms with Crippen LogP contribution in [0.5, 0.6) is 0 Å². The fraction of sp³-hybridized carbons (Fsp3) is 0.500. The van der Waals surface area contributed by atoms with Crippen molar-refractivity contribution in [2.45, 2.75) is 13.2 Å². The highest BCUT2D eigenvalue weighted by atomic mass is 35.5. The number of hydrogen-bond donors (Lipinski definition) is 1. The molecule has 2 rings (SSSR count). The van der Waals surface area contributed by atoms with Crippen molar-refractivity contribution in [3.05, 3.63) is 12.0 Å². The van der Waals surface area contributed by atoms with Crippen LogP contribution in [0, 0.1) is 0 Å². The van der Waals surface area contributed by atoms with Crippen LogP contribution in [0.15, 0.2) is 6.20 Å². The largest absolute Gasteiger partial charge is 0.384 e. The first-order chi connectivity index (χ1) is 4.88. The minimum Gasteiger partial charge on any atom is -0.384 e. The van der Waals surface area contributed by atoms with Crippen molar-refractivity contribution in [3.8, 4) is 0 Å². The van der Waals surface area contributed by atoms with Gasteiger partial charge in [0.25, 0.3) is 0 Å². The molecule has 5 heteroatoms. The predicted octanol–water partition coefficient (Wildman–Crippen LogP) is 0.417. The molecule has 1 aromatic rings. The molecule has 62 valence electrons. The van der Waals surface area contributed by atoms with Gasteiger partial charge >= 0.3 is 0 Å². The third-order valence-corrected chi connectivity index (χ3v) is 1.66. The Morgan fingerprint density at radius 3 is 3.18 bits per heavy atom. The van der Waals surface area contributed by atoms with E-state index in [1.54, 1.807) is 6.20 Å². The second kappa shape index (κ2) is 3.11. The number of rotatable bonds is 0. The van der Waals surface area contributed by atoms with Crippen LogP contribution < -0.4 is 5.73 Å². The fourth-order valence-corrected chi connectivity index (χ4v) is 1.12. The SMILES string of the molecule is Cl.Nc1cnc2n1CCOC2. The van der Waals surface area contributed by atoms with E-state index in [2.05, 4.69) is 4.98 Å². The first-order valence-electron chi connectivity index (χ1n) is 3.25. The zero-order valence-electron chi connectivity index (χ0n) is 5.99. The van der Waals surface area contributed by atoms with Gasteiger partial charge < -0.3 is 15.0 Å². The molecule has 0 radical (unpaired) electrons. The summed E-state index contributed by atoms with van der Waals surface area (Å²) in [5, 5.41) is 0. The van der Waals surface area contributed by atoms with Gasteiger partial charge in [-0.2, -0.15) is 0 Å². The monoisotopic (exact) mass is 175 g/mol. The Hall–Kier alpha value is -0.740. The van der Waals surface area contributed by atoms with Crippen LogP contribution >= 0.6 is 12.4 Å². The van der Waals surface area contributed by atoms with E-state index >= 15 is 0 Å². The van der Waals surface area contributed by atoms with Gasteiger partial charge in [-0.25, -0.2) is 4.98 Å². The van der Waals surface area contributed by atoms with E-state index in [4.69, 9.17) is 10.5 Å². The summed E-state index contributed by atoms with van der Waals surface area (Å²) in [6.07, 6.45) is 1.67. The van der Waals surface area contributed by atoms with Crippen LogP contribution in [-0.2, 0) is 17.9 Å². The van der Waals surface area contributed by atoms with Crippen molar-refractivity contribution < 1.29 is 4.74 Å². The third kappa shape index (κ3) is 1.32. The van der Waals surface area contributed by atoms with Gasteiger partial charge in [-0.05, 0) is 0 Å². The van der Waals surface area contributed by atoms with E-state index in [0.29, 0.717) is 6.61 Å². The fourth-order valence-electron chi connectivity index (χ4n) is 1.12. The van der Waals surface area contributed by atoms with Crippen LogP contribution in [0.3, 0.4) is 0 Å². The Morgan fingerprint density at radius 1 is 1.64 bits per heavy atom. The van der Waals surface area contributed by atoms with E-state index in [0.717, 1.165) is 24.8 Å². The van der Waals surface area contributed by atoms with Crippen molar-refractivity contribution in [2.75, 3.05) is 12.3 Å². The number of anilines is 1. The quantitative estimate of drug-likeness (QED) is 0.622. The molecule has 11 heavy (non-hydrogen) atoms. The maximum Gasteiger partial charge on any atom is 0.136 e. The van der Waals surface area contributed by atoms with Gasteiger partial charge in [0.1, 0.15) is 18.2 Å². The summed E-state index contributed by atoms with van der Waals surface area (Å²) in [5.74, 6) is 1.67. The summed E-state index contributed by atoms with van der Waals surface area (Å²) >= 11 is 0. The molecule has 0 spiro atoms. The van der Waals surface area contributed by atoms with Gasteiger partial charge in [-0.3, -0.25) is 0 Å². The zero-order chi connectivity index (χ0) is 6.97. The molecule has 0 aromatic carbocycles. The molecular formula is C6H10ClN3O. The molecule has 0 bridgehead atoms. The molecule has 0 unspecified atom stereocenters. The number of ether oxygens (including phenoxy) is 1. The predicted molar refractivity (Wildman–Crippen MR) is 43.5 cm³/mol. The molecule has 0 saturated heterocycles. The van der Waals surface area contributed by atoms with Crippen molar-refractivity contribution in [2.24, 2.45) is 0 Å². The van der Waals surface area contributed by atoms with E-state index in [-0.39, 0.29) is 12.4 Å². The van der Waals surface area contributed by atoms with Crippen molar-refractivity contribution >= 4 is 18.2 Å². The maximum atomic E-state index is 5.61. The lowest BCUT2D eigenvalue weighted by molar-refractivity contribution is 0.0823. The van der Waals surface area contributed by atoms with E-state index in [1.807, 2.05) is 4.57 Å². The molecule has 2 heterocycles. The van der Waals surface area contributed by atoms with E-state index < -0.39 is 0 Å². The number of hydrogen-bond acceptors (Lipinski definition) is 3. The number of aromatic nitrogens is 2. The number of nitrogen functional groups attached to an aromatic ring is 1. The summed E-state index contributed by atoms with van der Waals surface area (Å²) in [5.41, 5.74) is 5.61. The average molecular weight is 176 g/mol. The summed E-state index contributed by atoms with van der Waals surface area (Å²) in [7, 11) is 0. The number of halogens is 1. The summed E-state index contributed by atoms with van der Waals surface area (Å²) < 4.78 is 7.15. The lowest BCUT2D eigenvalue weighted by atomic mass is 10.5. The Morgan fingerprint density at radius 2 is 2.45 bits per heavy atom. The van der Waals surface area contributed by atoms with Gasteiger partial charge in [0.05, 0.1) is 12.8 Å². The van der Waals surface area contributed by atoms with Gasteiger partial charge in [0, 0.05) is 6.54 Å². The second-order valence-corrected chi connectivity index (χ2v) is 2.30. The van der Waals surface area contributed by atoms with Crippen molar-refractivity contribution in [1.29, 1.82) is 0 Å². The summed E-state index contributed by atoms with van der Waals surface area (Å²) in [6, 6.07) is 0. The molecule has 0 aliphatic carbocycles. The molecule has 1 aromatic heterocycles. The van der Waals surface area contributed by atoms with Gasteiger partial charge in [0.15, 0.2) is 0 Å². The topological polar surface area (TPSA) is 53.1 Å². The van der Waals surface area contributed by atoms with Gasteiger partial charge in [-0.15, -0.1) is 12.4 Å². The highest BCUT2D eigenvalue weighted by Gasteiger charge is 2.11. The first kappa shape index (κ1) is 8.36. The van der Waals surface area contributed by atoms with Crippen LogP contribution in [0.1, 0.15) is 5.82 Å². The van der Waals surface area contributed by atoms with Crippen LogP contribution in [-0.4, -0.2) is 16.2 Å². The summed E-state index contributed by atoms with van der Waals surface area (Å²) in [4.78, 5) is 4.07. The molecule has 0 atom stereocenters. The number of fused-ring (bicyclic) bond motifs is 1. The van der Waals surface area contributed by atoms with E-state index in [9.17, 15) is 0 Å². The molecule has 1 aliphatic rings. The molecule has 0 fully saturated rings. The maximum absolute atomic E-state index is 5.61. The van der Waals surface area contributed by atoms with Crippen molar-refractivity contribution in [3.63, 3.8) is 0 Å². The van der Waals surface area contributed by atoms with Crippen LogP contribution in [0.25, 0.3) is 0 Å². The zero-order valence-corrected chi connectivity index (χ0v) is 6.80. The molecular weight excluding hydrogens is 166 g/mol. The molecule has 0 saturated carbocycles. The van der Waals surface area contributed by atoms with Crippen molar-refractivity contribution in [1.82, 2.24) is 9.55 Å². The Balaban J connectivity index is 0.000000605. The Kier molecular flexibility index (Phi) is 2.36. The molecule has 1 aliphatic heterocycles. The minimum absolute atomic E-state index is 0.